The van der Waals surface area contributed by atoms with Gasteiger partial charge in [-0.05, 0) is 38.1 Å². The number of anilines is 2. The van der Waals surface area contributed by atoms with Crippen molar-refractivity contribution in [3.05, 3.63) is 64.5 Å². The first-order valence-electron chi connectivity index (χ1n) is 7.95. The zero-order chi connectivity index (χ0) is 18.7. The third-order valence-corrected chi connectivity index (χ3v) is 4.64. The molecule has 0 unspecified atom stereocenters. The van der Waals surface area contributed by atoms with E-state index in [9.17, 15) is 9.59 Å². The van der Waals surface area contributed by atoms with E-state index in [1.807, 2.05) is 38.1 Å². The number of rotatable bonds is 4. The molecular weight excluding hydrogens is 348 g/mol. The molecule has 0 atom stereocenters. The van der Waals surface area contributed by atoms with Crippen LogP contribution in [0.25, 0.3) is 11.3 Å². The van der Waals surface area contributed by atoms with Crippen LogP contribution in [-0.4, -0.2) is 16.9 Å². The second kappa shape index (κ2) is 7.37. The summed E-state index contributed by atoms with van der Waals surface area (Å²) in [6, 6.07) is 13.9. The zero-order valence-electron chi connectivity index (χ0n) is 14.4. The monoisotopic (exact) mass is 366 g/mol. The molecule has 7 heteroatoms. The van der Waals surface area contributed by atoms with Crippen molar-refractivity contribution in [1.29, 1.82) is 0 Å². The molecule has 4 N–H and O–H groups in total. The fourth-order valence-corrected chi connectivity index (χ4v) is 3.28. The molecule has 3 aromatic rings. The number of urea groups is 1. The Kier molecular flexibility index (Phi) is 4.99. The number of carbonyl (C=O) groups is 2. The number of hydrogen-bond acceptors (Lipinski definition) is 4. The van der Waals surface area contributed by atoms with Crippen molar-refractivity contribution in [2.45, 2.75) is 13.8 Å². The predicted molar refractivity (Wildman–Crippen MR) is 105 cm³/mol. The minimum absolute atomic E-state index is 0.264. The molecule has 0 spiro atoms. The Balaban J connectivity index is 1.74. The van der Waals surface area contributed by atoms with Gasteiger partial charge in [0.2, 0.25) is 0 Å². The molecule has 26 heavy (non-hydrogen) atoms. The van der Waals surface area contributed by atoms with Crippen molar-refractivity contribution in [2.24, 2.45) is 5.73 Å². The maximum absolute atomic E-state index is 12.4. The van der Waals surface area contributed by atoms with Crippen LogP contribution >= 0.6 is 11.3 Å². The first-order valence-corrected chi connectivity index (χ1v) is 8.76. The van der Waals surface area contributed by atoms with Gasteiger partial charge in [0.1, 0.15) is 0 Å². The van der Waals surface area contributed by atoms with Crippen LogP contribution in [0.15, 0.2) is 48.5 Å². The smallest absolute Gasteiger partial charge is 0.316 e. The van der Waals surface area contributed by atoms with Crippen LogP contribution in [0.5, 0.6) is 0 Å². The molecule has 3 amide bonds. The van der Waals surface area contributed by atoms with Crippen LogP contribution < -0.4 is 16.4 Å². The number of nitrogens with one attached hydrogen (secondary N) is 2. The van der Waals surface area contributed by atoms with Crippen LogP contribution in [0, 0.1) is 13.8 Å². The first-order chi connectivity index (χ1) is 12.4. The third-order valence-electron chi connectivity index (χ3n) is 3.76. The van der Waals surface area contributed by atoms with Gasteiger partial charge in [0, 0.05) is 21.7 Å². The van der Waals surface area contributed by atoms with E-state index in [2.05, 4.69) is 15.6 Å². The van der Waals surface area contributed by atoms with Crippen molar-refractivity contribution in [2.75, 3.05) is 10.6 Å². The molecule has 0 radical (unpaired) electrons. The summed E-state index contributed by atoms with van der Waals surface area (Å²) in [5.41, 5.74) is 9.12. The van der Waals surface area contributed by atoms with E-state index < -0.39 is 6.03 Å². The van der Waals surface area contributed by atoms with Gasteiger partial charge in [-0.25, -0.2) is 9.78 Å². The molecule has 0 saturated carbocycles. The number of thiazole rings is 1. The van der Waals surface area contributed by atoms with Gasteiger partial charge in [-0.15, -0.1) is 11.3 Å². The highest BCUT2D eigenvalue weighted by Crippen LogP contribution is 2.30. The predicted octanol–water partition coefficient (Wildman–Crippen LogP) is 4.17. The minimum atomic E-state index is -0.649. The van der Waals surface area contributed by atoms with Crippen LogP contribution in [-0.2, 0) is 0 Å². The summed E-state index contributed by atoms with van der Waals surface area (Å²) in [4.78, 5) is 28.8. The van der Waals surface area contributed by atoms with Gasteiger partial charge in [0.25, 0.3) is 5.91 Å². The van der Waals surface area contributed by atoms with Crippen LogP contribution in [0.2, 0.25) is 0 Å². The van der Waals surface area contributed by atoms with E-state index in [0.717, 1.165) is 16.1 Å². The van der Waals surface area contributed by atoms with E-state index >= 15 is 0 Å². The van der Waals surface area contributed by atoms with Gasteiger partial charge in [-0.1, -0.05) is 29.8 Å². The Labute approximate surface area is 155 Å². The molecule has 1 heterocycles. The topological polar surface area (TPSA) is 97.1 Å². The lowest BCUT2D eigenvalue weighted by atomic mass is 10.1. The molecular formula is C19H18N4O2S. The van der Waals surface area contributed by atoms with E-state index in [1.165, 1.54) is 16.9 Å². The summed E-state index contributed by atoms with van der Waals surface area (Å²) in [6.45, 7) is 4.01. The fraction of sp³-hybridized carbons (Fsp3) is 0.105. The second-order valence-electron chi connectivity index (χ2n) is 5.81. The fourth-order valence-electron chi connectivity index (χ4n) is 2.45. The Bertz CT molecular complexity index is 947. The molecule has 0 bridgehead atoms. The zero-order valence-corrected chi connectivity index (χ0v) is 15.2. The third kappa shape index (κ3) is 4.07. The molecule has 132 valence electrons. The van der Waals surface area contributed by atoms with Gasteiger partial charge in [0.15, 0.2) is 5.13 Å². The van der Waals surface area contributed by atoms with E-state index in [0.29, 0.717) is 16.4 Å². The summed E-state index contributed by atoms with van der Waals surface area (Å²) in [6.07, 6.45) is 0. The molecule has 3 rings (SSSR count). The number of nitrogens with two attached hydrogens (primary N) is 1. The Morgan fingerprint density at radius 1 is 0.962 bits per heavy atom. The number of amides is 3. The quantitative estimate of drug-likeness (QED) is 0.646. The van der Waals surface area contributed by atoms with Crippen LogP contribution in [0.3, 0.4) is 0 Å². The molecule has 6 nitrogen and oxygen atoms in total. The van der Waals surface area contributed by atoms with E-state index in [-0.39, 0.29) is 5.91 Å². The number of benzene rings is 2. The number of aryl methyl sites for hydroxylation is 2. The van der Waals surface area contributed by atoms with Crippen molar-refractivity contribution in [3.63, 3.8) is 0 Å². The van der Waals surface area contributed by atoms with Gasteiger partial charge < -0.3 is 11.1 Å². The average Bonchev–Trinajstić information content (AvgIpc) is 2.96. The molecule has 0 fully saturated rings. The van der Waals surface area contributed by atoms with Crippen molar-refractivity contribution >= 4 is 34.1 Å². The lowest BCUT2D eigenvalue weighted by Gasteiger charge is -2.04. The highest BCUT2D eigenvalue weighted by atomic mass is 32.1. The van der Waals surface area contributed by atoms with Gasteiger partial charge in [-0.3, -0.25) is 10.1 Å². The average molecular weight is 366 g/mol. The van der Waals surface area contributed by atoms with Crippen LogP contribution in [0.4, 0.5) is 15.6 Å². The van der Waals surface area contributed by atoms with Gasteiger partial charge >= 0.3 is 6.03 Å². The maximum Gasteiger partial charge on any atom is 0.316 e. The molecule has 0 saturated heterocycles. The summed E-state index contributed by atoms with van der Waals surface area (Å²) in [5, 5.41) is 5.81. The largest absolute Gasteiger partial charge is 0.351 e. The maximum atomic E-state index is 12.4. The molecule has 2 aromatic carbocycles. The Hall–Kier alpha value is -3.19. The number of aromatic nitrogens is 1. The highest BCUT2D eigenvalue weighted by molar-refractivity contribution is 7.16. The minimum Gasteiger partial charge on any atom is -0.351 e. The van der Waals surface area contributed by atoms with E-state index in [1.54, 1.807) is 24.3 Å². The molecule has 0 aliphatic carbocycles. The van der Waals surface area contributed by atoms with Gasteiger partial charge in [-0.2, -0.15) is 0 Å². The number of carbonyl (C=O) groups excluding carboxylic acids is 2. The highest BCUT2D eigenvalue weighted by Gasteiger charge is 2.13. The second-order valence-corrected chi connectivity index (χ2v) is 7.01. The number of nitrogens with zero attached hydrogens (tertiary/aromatic N) is 1. The standard InChI is InChI=1S/C19H18N4O2S/c1-11-3-5-13(6-4-11)16-12(2)26-19(22-16)23-17(24)14-7-9-15(10-8-14)21-18(20)25/h3-10H,1-2H3,(H3,20,21,25)(H,22,23,24). The Morgan fingerprint density at radius 2 is 1.62 bits per heavy atom. The molecule has 1 aromatic heterocycles. The lowest BCUT2D eigenvalue weighted by Crippen LogP contribution is -2.19. The summed E-state index contributed by atoms with van der Waals surface area (Å²) < 4.78 is 0. The number of primary amides is 1. The normalized spacial score (nSPS) is 10.4. The van der Waals surface area contributed by atoms with Crippen molar-refractivity contribution in [1.82, 2.24) is 4.98 Å². The molecule has 0 aliphatic heterocycles. The lowest BCUT2D eigenvalue weighted by molar-refractivity contribution is 0.102. The van der Waals surface area contributed by atoms with E-state index in [4.69, 9.17) is 5.73 Å². The van der Waals surface area contributed by atoms with Gasteiger partial charge in [0.05, 0.1) is 5.69 Å². The molecule has 0 aliphatic rings. The summed E-state index contributed by atoms with van der Waals surface area (Å²) in [5.74, 6) is -0.264. The summed E-state index contributed by atoms with van der Waals surface area (Å²) >= 11 is 1.43. The van der Waals surface area contributed by atoms with Crippen molar-refractivity contribution < 1.29 is 9.59 Å². The Morgan fingerprint density at radius 3 is 2.23 bits per heavy atom. The number of hydrogen-bond donors (Lipinski definition) is 3. The summed E-state index contributed by atoms with van der Waals surface area (Å²) in [7, 11) is 0. The van der Waals surface area contributed by atoms with Crippen LogP contribution in [0.1, 0.15) is 20.8 Å². The van der Waals surface area contributed by atoms with Crippen molar-refractivity contribution in [3.8, 4) is 11.3 Å². The SMILES string of the molecule is Cc1ccc(-c2nc(NC(=O)c3ccc(NC(N)=O)cc3)sc2C)cc1. The first kappa shape index (κ1) is 17.6.